The van der Waals surface area contributed by atoms with E-state index in [0.29, 0.717) is 11.5 Å². The van der Waals surface area contributed by atoms with E-state index < -0.39 is 5.54 Å². The van der Waals surface area contributed by atoms with Gasteiger partial charge in [0.1, 0.15) is 5.54 Å². The second-order valence-corrected chi connectivity index (χ2v) is 7.31. The van der Waals surface area contributed by atoms with Crippen molar-refractivity contribution in [3.05, 3.63) is 0 Å². The van der Waals surface area contributed by atoms with Crippen LogP contribution in [0.3, 0.4) is 0 Å². The van der Waals surface area contributed by atoms with E-state index in [4.69, 9.17) is 4.74 Å². The van der Waals surface area contributed by atoms with Crippen LogP contribution in [0.1, 0.15) is 52.4 Å². The topological polar surface area (TPSA) is 41.6 Å². The molecule has 1 saturated carbocycles. The third-order valence-corrected chi connectivity index (χ3v) is 5.23. The first-order valence-corrected chi connectivity index (χ1v) is 7.94. The predicted molar refractivity (Wildman–Crippen MR) is 80.7 cm³/mol. The van der Waals surface area contributed by atoms with Crippen LogP contribution in [-0.2, 0) is 9.53 Å². The minimum absolute atomic E-state index is 0.0963. The Morgan fingerprint density at radius 3 is 2.65 bits per heavy atom. The lowest BCUT2D eigenvalue weighted by Gasteiger charge is -2.47. The van der Waals surface area contributed by atoms with Crippen LogP contribution in [0.4, 0.5) is 0 Å². The molecular formula is C16H30N2O2. The molecule has 4 nitrogen and oxygen atoms in total. The number of likely N-dealkylation sites (N-methyl/N-ethyl adjacent to an activating group) is 1. The van der Waals surface area contributed by atoms with Crippen LogP contribution in [0.2, 0.25) is 0 Å². The van der Waals surface area contributed by atoms with Gasteiger partial charge in [0.15, 0.2) is 0 Å². The molecule has 0 radical (unpaired) electrons. The van der Waals surface area contributed by atoms with Crippen LogP contribution >= 0.6 is 0 Å². The van der Waals surface area contributed by atoms with Crippen LogP contribution in [-0.4, -0.2) is 49.7 Å². The minimum Gasteiger partial charge on any atom is -0.468 e. The fourth-order valence-electron chi connectivity index (χ4n) is 4.05. The van der Waals surface area contributed by atoms with Gasteiger partial charge in [-0.15, -0.1) is 0 Å². The Hall–Kier alpha value is -0.610. The summed E-state index contributed by atoms with van der Waals surface area (Å²) in [5, 5.41) is 3.26. The van der Waals surface area contributed by atoms with Crippen molar-refractivity contribution in [1.29, 1.82) is 0 Å². The maximum Gasteiger partial charge on any atom is 0.326 e. The van der Waals surface area contributed by atoms with Gasteiger partial charge in [0.2, 0.25) is 0 Å². The number of hydrogen-bond acceptors (Lipinski definition) is 4. The summed E-state index contributed by atoms with van der Waals surface area (Å²) in [5.74, 6) is -0.0963. The number of carbonyl (C=O) groups excluding carboxylic acids is 1. The zero-order valence-corrected chi connectivity index (χ0v) is 13.5. The molecule has 2 atom stereocenters. The van der Waals surface area contributed by atoms with E-state index in [9.17, 15) is 4.79 Å². The number of ether oxygens (including phenoxy) is 1. The van der Waals surface area contributed by atoms with Crippen LogP contribution in [0, 0.1) is 5.41 Å². The molecule has 1 heterocycles. The smallest absolute Gasteiger partial charge is 0.326 e. The molecule has 0 aromatic rings. The standard InChI is InChI=1S/C16H30N2O2/c1-15(2)8-6-10-18(12-15)13-7-5-9-16(11-13,17-3)14(19)20-4/h13,17H,5-12H2,1-4H3. The van der Waals surface area contributed by atoms with E-state index in [2.05, 4.69) is 24.1 Å². The van der Waals surface area contributed by atoms with Crippen LogP contribution in [0.25, 0.3) is 0 Å². The molecular weight excluding hydrogens is 252 g/mol. The second-order valence-electron chi connectivity index (χ2n) is 7.31. The largest absolute Gasteiger partial charge is 0.468 e. The highest BCUT2D eigenvalue weighted by Crippen LogP contribution is 2.36. The number of esters is 1. The van der Waals surface area contributed by atoms with Crippen LogP contribution in [0.5, 0.6) is 0 Å². The summed E-state index contributed by atoms with van der Waals surface area (Å²) in [6, 6.07) is 0.509. The lowest BCUT2D eigenvalue weighted by molar-refractivity contribution is -0.151. The Labute approximate surface area is 123 Å². The molecule has 2 fully saturated rings. The van der Waals surface area contributed by atoms with Gasteiger partial charge in [-0.25, -0.2) is 0 Å². The van der Waals surface area contributed by atoms with Crippen molar-refractivity contribution >= 4 is 5.97 Å². The summed E-state index contributed by atoms with van der Waals surface area (Å²) in [4.78, 5) is 14.8. The summed E-state index contributed by atoms with van der Waals surface area (Å²) < 4.78 is 5.04. The van der Waals surface area contributed by atoms with E-state index in [-0.39, 0.29) is 5.97 Å². The molecule has 0 aromatic carbocycles. The number of piperidine rings is 1. The molecule has 2 aliphatic rings. The van der Waals surface area contributed by atoms with E-state index >= 15 is 0 Å². The molecule has 20 heavy (non-hydrogen) atoms. The fourth-order valence-corrected chi connectivity index (χ4v) is 4.05. The highest BCUT2D eigenvalue weighted by atomic mass is 16.5. The van der Waals surface area contributed by atoms with Gasteiger partial charge >= 0.3 is 5.97 Å². The zero-order chi connectivity index (χ0) is 14.8. The number of rotatable bonds is 3. The Balaban J connectivity index is 2.08. The number of nitrogens with zero attached hydrogens (tertiary/aromatic N) is 1. The Morgan fingerprint density at radius 2 is 2.05 bits per heavy atom. The van der Waals surface area contributed by atoms with E-state index in [0.717, 1.165) is 25.8 Å². The Kier molecular flexibility index (Phi) is 4.75. The van der Waals surface area contributed by atoms with Crippen molar-refractivity contribution in [2.75, 3.05) is 27.2 Å². The van der Waals surface area contributed by atoms with Crippen molar-refractivity contribution in [3.63, 3.8) is 0 Å². The van der Waals surface area contributed by atoms with E-state index in [1.165, 1.54) is 32.9 Å². The molecule has 2 unspecified atom stereocenters. The molecule has 1 aliphatic carbocycles. The summed E-state index contributed by atoms with van der Waals surface area (Å²) in [6.07, 6.45) is 6.66. The average molecular weight is 282 g/mol. The number of likely N-dealkylation sites (tertiary alicyclic amines) is 1. The van der Waals surface area contributed by atoms with Gasteiger partial charge in [-0.05, 0) is 57.5 Å². The molecule has 4 heteroatoms. The zero-order valence-electron chi connectivity index (χ0n) is 13.5. The molecule has 2 rings (SSSR count). The molecule has 0 bridgehead atoms. The highest BCUT2D eigenvalue weighted by molar-refractivity contribution is 5.81. The van der Waals surface area contributed by atoms with Crippen LogP contribution < -0.4 is 5.32 Å². The monoisotopic (exact) mass is 282 g/mol. The van der Waals surface area contributed by atoms with Gasteiger partial charge in [-0.1, -0.05) is 13.8 Å². The van der Waals surface area contributed by atoms with Gasteiger partial charge in [-0.2, -0.15) is 0 Å². The molecule has 0 aromatic heterocycles. The molecule has 1 aliphatic heterocycles. The average Bonchev–Trinajstić information content (AvgIpc) is 2.45. The first-order valence-electron chi connectivity index (χ1n) is 7.94. The maximum absolute atomic E-state index is 12.2. The van der Waals surface area contributed by atoms with Gasteiger partial charge in [0, 0.05) is 12.6 Å². The predicted octanol–water partition coefficient (Wildman–Crippen LogP) is 2.18. The van der Waals surface area contributed by atoms with Crippen molar-refractivity contribution in [2.24, 2.45) is 5.41 Å². The lowest BCUT2D eigenvalue weighted by Crippen LogP contribution is -2.59. The Morgan fingerprint density at radius 1 is 1.30 bits per heavy atom. The number of nitrogens with one attached hydrogen (secondary N) is 1. The molecule has 0 spiro atoms. The van der Waals surface area contributed by atoms with E-state index in [1.54, 1.807) is 0 Å². The summed E-state index contributed by atoms with van der Waals surface area (Å²) in [7, 11) is 3.38. The quantitative estimate of drug-likeness (QED) is 0.806. The molecule has 1 saturated heterocycles. The molecule has 116 valence electrons. The number of carbonyl (C=O) groups is 1. The van der Waals surface area contributed by atoms with Gasteiger partial charge in [0.05, 0.1) is 7.11 Å². The van der Waals surface area contributed by atoms with Crippen molar-refractivity contribution in [3.8, 4) is 0 Å². The van der Waals surface area contributed by atoms with E-state index in [1.807, 2.05) is 7.05 Å². The van der Waals surface area contributed by atoms with Crippen molar-refractivity contribution in [2.45, 2.75) is 64.0 Å². The molecule has 1 N–H and O–H groups in total. The van der Waals surface area contributed by atoms with Gasteiger partial charge in [-0.3, -0.25) is 9.69 Å². The fraction of sp³-hybridized carbons (Fsp3) is 0.938. The first kappa shape index (κ1) is 15.8. The molecule has 0 amide bonds. The third kappa shape index (κ3) is 3.17. The SMILES string of the molecule is CNC1(C(=O)OC)CCCC(N2CCCC(C)(C)C2)C1. The van der Waals surface area contributed by atoms with Crippen molar-refractivity contribution < 1.29 is 9.53 Å². The van der Waals surface area contributed by atoms with Crippen LogP contribution in [0.15, 0.2) is 0 Å². The van der Waals surface area contributed by atoms with Gasteiger partial charge in [0.25, 0.3) is 0 Å². The minimum atomic E-state index is -0.473. The summed E-state index contributed by atoms with van der Waals surface area (Å²) >= 11 is 0. The summed E-state index contributed by atoms with van der Waals surface area (Å²) in [5.41, 5.74) is -0.0669. The number of hydrogen-bond donors (Lipinski definition) is 1. The Bertz CT molecular complexity index is 356. The van der Waals surface area contributed by atoms with Crippen molar-refractivity contribution in [1.82, 2.24) is 10.2 Å². The normalized spacial score (nSPS) is 34.7. The number of methoxy groups -OCH3 is 1. The third-order valence-electron chi connectivity index (χ3n) is 5.23. The highest BCUT2D eigenvalue weighted by Gasteiger charge is 2.45. The first-order chi connectivity index (χ1) is 9.42. The maximum atomic E-state index is 12.2. The second kappa shape index (κ2) is 6.02. The lowest BCUT2D eigenvalue weighted by atomic mass is 9.76. The summed E-state index contributed by atoms with van der Waals surface area (Å²) in [6.45, 7) is 7.04. The van der Waals surface area contributed by atoms with Gasteiger partial charge < -0.3 is 10.1 Å².